The van der Waals surface area contributed by atoms with E-state index in [2.05, 4.69) is 5.32 Å². The summed E-state index contributed by atoms with van der Waals surface area (Å²) in [4.78, 5) is 29.0. The van der Waals surface area contributed by atoms with Gasteiger partial charge in [-0.3, -0.25) is 13.9 Å². The van der Waals surface area contributed by atoms with Gasteiger partial charge in [0.05, 0.1) is 20.6 Å². The fourth-order valence-corrected chi connectivity index (χ4v) is 6.08. The quantitative estimate of drug-likeness (QED) is 0.280. The predicted octanol–water partition coefficient (Wildman–Crippen LogP) is 6.53. The zero-order valence-electron chi connectivity index (χ0n) is 24.2. The van der Waals surface area contributed by atoms with Gasteiger partial charge in [-0.2, -0.15) is 0 Å². The first-order valence-corrected chi connectivity index (χ1v) is 15.5. The molecule has 0 heterocycles. The van der Waals surface area contributed by atoms with Crippen molar-refractivity contribution in [3.05, 3.63) is 93.5 Å². The third-order valence-corrected chi connectivity index (χ3v) is 8.93. The molecule has 0 aliphatic carbocycles. The predicted molar refractivity (Wildman–Crippen MR) is 166 cm³/mol. The van der Waals surface area contributed by atoms with Crippen LogP contribution in [0.25, 0.3) is 0 Å². The van der Waals surface area contributed by atoms with Gasteiger partial charge in [0, 0.05) is 12.1 Å². The molecule has 0 aliphatic heterocycles. The minimum atomic E-state index is -4.21. The van der Waals surface area contributed by atoms with Crippen LogP contribution in [0, 0.1) is 13.8 Å². The molecule has 1 unspecified atom stereocenters. The number of hydrogen-bond donors (Lipinski definition) is 1. The van der Waals surface area contributed by atoms with Crippen LogP contribution in [0.5, 0.6) is 0 Å². The molecule has 0 bridgehead atoms. The summed E-state index contributed by atoms with van der Waals surface area (Å²) in [6.07, 6.45) is 0.330. The molecule has 1 atom stereocenters. The lowest BCUT2D eigenvalue weighted by molar-refractivity contribution is -0.141. The van der Waals surface area contributed by atoms with Crippen molar-refractivity contribution in [2.24, 2.45) is 0 Å². The standard InChI is InChI=1S/C31H37Cl2N3O4S/c1-7-28(30(38)34-31(4,5)6)35(19-23-10-8-9-22(3)17-23)29(37)20-36(24-13-16-26(32)27(33)18-24)41(39,40)25-14-11-21(2)12-15-25/h8-18,28H,7,19-20H2,1-6H3,(H,34,38). The molecule has 0 aromatic heterocycles. The average Bonchev–Trinajstić information content (AvgIpc) is 2.88. The summed E-state index contributed by atoms with van der Waals surface area (Å²) in [5.41, 5.74) is 2.37. The van der Waals surface area contributed by atoms with E-state index in [1.807, 2.05) is 65.8 Å². The second-order valence-electron chi connectivity index (χ2n) is 11.1. The largest absolute Gasteiger partial charge is 0.350 e. The van der Waals surface area contributed by atoms with Crippen molar-refractivity contribution in [2.75, 3.05) is 10.8 Å². The van der Waals surface area contributed by atoms with E-state index < -0.39 is 34.1 Å². The van der Waals surface area contributed by atoms with Crippen molar-refractivity contribution in [1.82, 2.24) is 10.2 Å². The lowest BCUT2D eigenvalue weighted by atomic mass is 10.0. The van der Waals surface area contributed by atoms with Crippen LogP contribution in [0.2, 0.25) is 10.0 Å². The normalized spacial score (nSPS) is 12.5. The van der Waals surface area contributed by atoms with E-state index in [4.69, 9.17) is 23.2 Å². The van der Waals surface area contributed by atoms with E-state index >= 15 is 0 Å². The number of sulfonamides is 1. The highest BCUT2D eigenvalue weighted by Crippen LogP contribution is 2.31. The number of nitrogens with zero attached hydrogens (tertiary/aromatic N) is 2. The number of anilines is 1. The average molecular weight is 619 g/mol. The van der Waals surface area contributed by atoms with Gasteiger partial charge in [-0.1, -0.05) is 77.7 Å². The Balaban J connectivity index is 2.10. The lowest BCUT2D eigenvalue weighted by Crippen LogP contribution is -2.55. The SMILES string of the molecule is CCC(C(=O)NC(C)(C)C)N(Cc1cccc(C)c1)C(=O)CN(c1ccc(Cl)c(Cl)c1)S(=O)(=O)c1ccc(C)cc1. The summed E-state index contributed by atoms with van der Waals surface area (Å²) in [5, 5.41) is 3.36. The molecule has 10 heteroatoms. The van der Waals surface area contributed by atoms with Crippen LogP contribution in [-0.4, -0.2) is 43.3 Å². The molecule has 3 rings (SSSR count). The molecule has 3 aromatic carbocycles. The molecule has 1 N–H and O–H groups in total. The Morgan fingerprint density at radius 1 is 0.902 bits per heavy atom. The van der Waals surface area contributed by atoms with E-state index in [9.17, 15) is 18.0 Å². The molecule has 0 fully saturated rings. The van der Waals surface area contributed by atoms with E-state index in [1.165, 1.54) is 35.2 Å². The van der Waals surface area contributed by atoms with Crippen molar-refractivity contribution < 1.29 is 18.0 Å². The Morgan fingerprint density at radius 3 is 2.12 bits per heavy atom. The van der Waals surface area contributed by atoms with E-state index in [0.29, 0.717) is 6.42 Å². The smallest absolute Gasteiger partial charge is 0.264 e. The summed E-state index contributed by atoms with van der Waals surface area (Å²) >= 11 is 12.4. The van der Waals surface area contributed by atoms with Gasteiger partial charge in [-0.25, -0.2) is 8.42 Å². The Bertz CT molecular complexity index is 1500. The van der Waals surface area contributed by atoms with Gasteiger partial charge in [0.25, 0.3) is 10.0 Å². The van der Waals surface area contributed by atoms with Crippen LogP contribution in [0.15, 0.2) is 71.6 Å². The van der Waals surface area contributed by atoms with Gasteiger partial charge in [-0.05, 0) is 76.9 Å². The molecule has 7 nitrogen and oxygen atoms in total. The number of carbonyl (C=O) groups is 2. The molecule has 41 heavy (non-hydrogen) atoms. The third kappa shape index (κ3) is 8.47. The second kappa shape index (κ2) is 13.3. The minimum Gasteiger partial charge on any atom is -0.350 e. The Morgan fingerprint density at radius 2 is 1.56 bits per heavy atom. The number of aryl methyl sites for hydroxylation is 2. The topological polar surface area (TPSA) is 86.8 Å². The van der Waals surface area contributed by atoms with Crippen LogP contribution in [-0.2, 0) is 26.2 Å². The number of hydrogen-bond acceptors (Lipinski definition) is 4. The fraction of sp³-hybridized carbons (Fsp3) is 0.355. The molecular formula is C31H37Cl2N3O4S. The summed E-state index contributed by atoms with van der Waals surface area (Å²) in [5.74, 6) is -0.854. The summed E-state index contributed by atoms with van der Waals surface area (Å²) in [6, 6.07) is 17.6. The maximum atomic E-state index is 14.2. The number of rotatable bonds is 10. The molecule has 0 aliphatic rings. The van der Waals surface area contributed by atoms with E-state index in [1.54, 1.807) is 12.1 Å². The summed E-state index contributed by atoms with van der Waals surface area (Å²) in [7, 11) is -4.21. The molecule has 0 spiro atoms. The van der Waals surface area contributed by atoms with Crippen molar-refractivity contribution in [3.8, 4) is 0 Å². The van der Waals surface area contributed by atoms with Crippen molar-refractivity contribution in [2.45, 2.75) is 71.0 Å². The van der Waals surface area contributed by atoms with Crippen LogP contribution in [0.3, 0.4) is 0 Å². The molecule has 3 aromatic rings. The van der Waals surface area contributed by atoms with Crippen LogP contribution >= 0.6 is 23.2 Å². The molecule has 0 saturated carbocycles. The Hall–Kier alpha value is -3.07. The summed E-state index contributed by atoms with van der Waals surface area (Å²) < 4.78 is 28.9. The highest BCUT2D eigenvalue weighted by atomic mass is 35.5. The zero-order chi connectivity index (χ0) is 30.5. The Kier molecular flexibility index (Phi) is 10.5. The Labute approximate surface area is 253 Å². The molecule has 220 valence electrons. The lowest BCUT2D eigenvalue weighted by Gasteiger charge is -2.35. The van der Waals surface area contributed by atoms with Crippen LogP contribution in [0.1, 0.15) is 50.8 Å². The maximum absolute atomic E-state index is 14.2. The van der Waals surface area contributed by atoms with Crippen molar-refractivity contribution >= 4 is 50.7 Å². The van der Waals surface area contributed by atoms with Gasteiger partial charge in [0.15, 0.2) is 0 Å². The van der Waals surface area contributed by atoms with Crippen LogP contribution < -0.4 is 9.62 Å². The van der Waals surface area contributed by atoms with Gasteiger partial charge >= 0.3 is 0 Å². The summed E-state index contributed by atoms with van der Waals surface area (Å²) in [6.45, 7) is 10.8. The molecule has 0 radical (unpaired) electrons. The molecular weight excluding hydrogens is 581 g/mol. The van der Waals surface area contributed by atoms with Gasteiger partial charge in [0.1, 0.15) is 12.6 Å². The van der Waals surface area contributed by atoms with Crippen LogP contribution in [0.4, 0.5) is 5.69 Å². The van der Waals surface area contributed by atoms with Crippen molar-refractivity contribution in [3.63, 3.8) is 0 Å². The number of halogens is 2. The van der Waals surface area contributed by atoms with Gasteiger partial charge in [-0.15, -0.1) is 0 Å². The monoisotopic (exact) mass is 617 g/mol. The highest BCUT2D eigenvalue weighted by Gasteiger charge is 2.34. The molecule has 2 amide bonds. The number of carbonyl (C=O) groups excluding carboxylic acids is 2. The molecule has 0 saturated heterocycles. The number of amides is 2. The maximum Gasteiger partial charge on any atom is 0.264 e. The van der Waals surface area contributed by atoms with Gasteiger partial charge < -0.3 is 10.2 Å². The minimum absolute atomic E-state index is 0.0183. The zero-order valence-corrected chi connectivity index (χ0v) is 26.6. The van der Waals surface area contributed by atoms with E-state index in [0.717, 1.165) is 21.0 Å². The van der Waals surface area contributed by atoms with Gasteiger partial charge in [0.2, 0.25) is 11.8 Å². The third-order valence-electron chi connectivity index (χ3n) is 6.40. The van der Waals surface area contributed by atoms with Crippen molar-refractivity contribution in [1.29, 1.82) is 0 Å². The fourth-order valence-electron chi connectivity index (χ4n) is 4.39. The second-order valence-corrected chi connectivity index (χ2v) is 13.8. The first-order valence-electron chi connectivity index (χ1n) is 13.3. The van der Waals surface area contributed by atoms with E-state index in [-0.39, 0.29) is 33.1 Å². The highest BCUT2D eigenvalue weighted by molar-refractivity contribution is 7.92. The number of nitrogens with one attached hydrogen (secondary N) is 1. The first kappa shape index (κ1) is 32.4. The first-order chi connectivity index (χ1) is 19.1. The number of benzene rings is 3.